The van der Waals surface area contributed by atoms with Crippen molar-refractivity contribution in [2.75, 3.05) is 25.5 Å². The largest absolute Gasteiger partial charge is 0.345 e. The van der Waals surface area contributed by atoms with Gasteiger partial charge in [-0.1, -0.05) is 0 Å². The third kappa shape index (κ3) is 3.83. The van der Waals surface area contributed by atoms with Crippen LogP contribution >= 0.6 is 15.9 Å². The van der Waals surface area contributed by atoms with Crippen molar-refractivity contribution in [3.8, 4) is 0 Å². The zero-order chi connectivity index (χ0) is 11.3. The van der Waals surface area contributed by atoms with E-state index < -0.39 is 0 Å². The molecule has 0 saturated heterocycles. The maximum atomic E-state index is 11.4. The number of carbonyl (C=O) groups excluding carboxylic acids is 1. The summed E-state index contributed by atoms with van der Waals surface area (Å²) in [6, 6.07) is 0. The molecule has 1 rings (SSSR count). The summed E-state index contributed by atoms with van der Waals surface area (Å²) in [6.07, 6.45) is 3.26. The molecule has 6 heteroatoms. The molecule has 0 spiro atoms. The second-order valence-electron chi connectivity index (χ2n) is 2.99. The standard InChI is InChI=1S/C9H13BrN4O/c1-3-14(2)8(15)6-13-9-11-4-7(10)5-12-9/h4-5H,3,6H2,1-2H3,(H,11,12,13). The first-order chi connectivity index (χ1) is 7.13. The van der Waals surface area contributed by atoms with Crippen LogP contribution in [0.4, 0.5) is 5.95 Å². The van der Waals surface area contributed by atoms with Gasteiger partial charge >= 0.3 is 0 Å². The molecule has 0 unspecified atom stereocenters. The van der Waals surface area contributed by atoms with Gasteiger partial charge in [-0.15, -0.1) is 0 Å². The fourth-order valence-corrected chi connectivity index (χ4v) is 1.07. The van der Waals surface area contributed by atoms with Gasteiger partial charge in [0.15, 0.2) is 0 Å². The zero-order valence-corrected chi connectivity index (χ0v) is 10.3. The second-order valence-corrected chi connectivity index (χ2v) is 3.90. The summed E-state index contributed by atoms with van der Waals surface area (Å²) in [6.45, 7) is 2.84. The van der Waals surface area contributed by atoms with E-state index in [2.05, 4.69) is 31.2 Å². The number of hydrogen-bond donors (Lipinski definition) is 1. The molecule has 5 nitrogen and oxygen atoms in total. The summed E-state index contributed by atoms with van der Waals surface area (Å²) in [4.78, 5) is 21.0. The highest BCUT2D eigenvalue weighted by molar-refractivity contribution is 9.10. The number of nitrogens with one attached hydrogen (secondary N) is 1. The molecule has 1 N–H and O–H groups in total. The van der Waals surface area contributed by atoms with Gasteiger partial charge < -0.3 is 10.2 Å². The van der Waals surface area contributed by atoms with Crippen LogP contribution in [0, 0.1) is 0 Å². The van der Waals surface area contributed by atoms with Crippen LogP contribution in [0.25, 0.3) is 0 Å². The number of halogens is 1. The van der Waals surface area contributed by atoms with Gasteiger partial charge in [-0.3, -0.25) is 4.79 Å². The maximum absolute atomic E-state index is 11.4. The van der Waals surface area contributed by atoms with E-state index in [1.54, 1.807) is 24.3 Å². The van der Waals surface area contributed by atoms with Crippen LogP contribution in [-0.4, -0.2) is 40.9 Å². The van der Waals surface area contributed by atoms with Gasteiger partial charge in [0.25, 0.3) is 0 Å². The highest BCUT2D eigenvalue weighted by Gasteiger charge is 2.06. The van der Waals surface area contributed by atoms with Gasteiger partial charge in [0.1, 0.15) is 0 Å². The monoisotopic (exact) mass is 272 g/mol. The summed E-state index contributed by atoms with van der Waals surface area (Å²) >= 11 is 3.23. The fraction of sp³-hybridized carbons (Fsp3) is 0.444. The molecule has 15 heavy (non-hydrogen) atoms. The molecule has 0 bridgehead atoms. The molecule has 0 atom stereocenters. The Morgan fingerprint density at radius 1 is 1.53 bits per heavy atom. The molecular formula is C9H13BrN4O. The zero-order valence-electron chi connectivity index (χ0n) is 8.70. The van der Waals surface area contributed by atoms with Gasteiger partial charge in [0, 0.05) is 26.0 Å². The average Bonchev–Trinajstić information content (AvgIpc) is 2.26. The van der Waals surface area contributed by atoms with Crippen LogP contribution in [0.3, 0.4) is 0 Å². The Kier molecular flexibility index (Phi) is 4.48. The molecule has 0 aliphatic carbocycles. The lowest BCUT2D eigenvalue weighted by molar-refractivity contribution is -0.127. The molecule has 1 aromatic heterocycles. The molecule has 0 aromatic carbocycles. The van der Waals surface area contributed by atoms with Gasteiger partial charge in [0.2, 0.25) is 11.9 Å². The first-order valence-electron chi connectivity index (χ1n) is 4.59. The van der Waals surface area contributed by atoms with Crippen molar-refractivity contribution in [1.29, 1.82) is 0 Å². The van der Waals surface area contributed by atoms with Crippen molar-refractivity contribution in [3.63, 3.8) is 0 Å². The lowest BCUT2D eigenvalue weighted by atomic mass is 10.5. The number of rotatable bonds is 4. The van der Waals surface area contributed by atoms with Crippen molar-refractivity contribution in [2.24, 2.45) is 0 Å². The van der Waals surface area contributed by atoms with E-state index >= 15 is 0 Å². The fourth-order valence-electron chi connectivity index (χ4n) is 0.870. The van der Waals surface area contributed by atoms with Crippen LogP contribution in [0.2, 0.25) is 0 Å². The van der Waals surface area contributed by atoms with Crippen molar-refractivity contribution in [3.05, 3.63) is 16.9 Å². The predicted octanol–water partition coefficient (Wildman–Crippen LogP) is 1.13. The van der Waals surface area contributed by atoms with Crippen molar-refractivity contribution in [1.82, 2.24) is 14.9 Å². The summed E-state index contributed by atoms with van der Waals surface area (Å²) in [5.41, 5.74) is 0. The Morgan fingerprint density at radius 3 is 2.67 bits per heavy atom. The summed E-state index contributed by atoms with van der Waals surface area (Å²) < 4.78 is 0.810. The smallest absolute Gasteiger partial charge is 0.241 e. The molecule has 1 amide bonds. The number of carbonyl (C=O) groups is 1. The highest BCUT2D eigenvalue weighted by Crippen LogP contribution is 2.06. The number of amides is 1. The van der Waals surface area contributed by atoms with Gasteiger partial charge in [0.05, 0.1) is 11.0 Å². The van der Waals surface area contributed by atoms with Crippen molar-refractivity contribution in [2.45, 2.75) is 6.92 Å². The SMILES string of the molecule is CCN(C)C(=O)CNc1ncc(Br)cn1. The molecule has 0 radical (unpaired) electrons. The topological polar surface area (TPSA) is 58.1 Å². The molecule has 1 aromatic rings. The normalized spacial score (nSPS) is 9.80. The Bertz CT molecular complexity index is 327. The molecule has 0 aliphatic heterocycles. The molecule has 0 aliphatic rings. The average molecular weight is 273 g/mol. The first-order valence-corrected chi connectivity index (χ1v) is 5.38. The van der Waals surface area contributed by atoms with Gasteiger partial charge in [-0.25, -0.2) is 9.97 Å². The first kappa shape index (κ1) is 11.9. The highest BCUT2D eigenvalue weighted by atomic mass is 79.9. The summed E-state index contributed by atoms with van der Waals surface area (Å²) in [7, 11) is 1.76. The Balaban J connectivity index is 2.43. The van der Waals surface area contributed by atoms with Crippen LogP contribution in [0.5, 0.6) is 0 Å². The lowest BCUT2D eigenvalue weighted by Crippen LogP contribution is -2.32. The number of anilines is 1. The van der Waals surface area contributed by atoms with E-state index in [1.165, 1.54) is 0 Å². The van der Waals surface area contributed by atoms with Gasteiger partial charge in [-0.05, 0) is 22.9 Å². The van der Waals surface area contributed by atoms with E-state index in [0.29, 0.717) is 12.5 Å². The maximum Gasteiger partial charge on any atom is 0.241 e. The van der Waals surface area contributed by atoms with E-state index in [9.17, 15) is 4.79 Å². The minimum atomic E-state index is 0.0176. The van der Waals surface area contributed by atoms with Crippen LogP contribution < -0.4 is 5.32 Å². The quantitative estimate of drug-likeness (QED) is 0.893. The van der Waals surface area contributed by atoms with Crippen LogP contribution in [0.15, 0.2) is 16.9 Å². The molecule has 82 valence electrons. The molecule has 0 saturated carbocycles. The number of nitrogens with zero attached hydrogens (tertiary/aromatic N) is 3. The van der Waals surface area contributed by atoms with Crippen LogP contribution in [-0.2, 0) is 4.79 Å². The minimum absolute atomic E-state index is 0.0176. The Labute approximate surface area is 97.0 Å². The van der Waals surface area contributed by atoms with Crippen molar-refractivity contribution < 1.29 is 4.79 Å². The van der Waals surface area contributed by atoms with Gasteiger partial charge in [-0.2, -0.15) is 0 Å². The predicted molar refractivity (Wildman–Crippen MR) is 61.5 cm³/mol. The Hall–Kier alpha value is -1.17. The molecular weight excluding hydrogens is 260 g/mol. The van der Waals surface area contributed by atoms with Crippen molar-refractivity contribution >= 4 is 27.8 Å². The van der Waals surface area contributed by atoms with Crippen LogP contribution in [0.1, 0.15) is 6.92 Å². The number of likely N-dealkylation sites (N-methyl/N-ethyl adjacent to an activating group) is 1. The lowest BCUT2D eigenvalue weighted by Gasteiger charge is -2.14. The summed E-state index contributed by atoms with van der Waals surface area (Å²) in [5.74, 6) is 0.472. The number of aromatic nitrogens is 2. The minimum Gasteiger partial charge on any atom is -0.345 e. The third-order valence-corrected chi connectivity index (χ3v) is 2.33. The molecule has 1 heterocycles. The van der Waals surface area contributed by atoms with E-state index in [0.717, 1.165) is 4.47 Å². The number of hydrogen-bond acceptors (Lipinski definition) is 4. The van der Waals surface area contributed by atoms with E-state index in [1.807, 2.05) is 6.92 Å². The summed E-state index contributed by atoms with van der Waals surface area (Å²) in [5, 5.41) is 2.85. The van der Waals surface area contributed by atoms with E-state index in [-0.39, 0.29) is 12.5 Å². The Morgan fingerprint density at radius 2 is 2.13 bits per heavy atom. The van der Waals surface area contributed by atoms with E-state index in [4.69, 9.17) is 0 Å². The molecule has 0 fully saturated rings. The second kappa shape index (κ2) is 5.65. The third-order valence-electron chi connectivity index (χ3n) is 1.92.